The number of nitrogens with zero attached hydrogens (tertiary/aromatic N) is 4. The molecule has 0 unspecified atom stereocenters. The third-order valence-electron chi connectivity index (χ3n) is 6.28. The summed E-state index contributed by atoms with van der Waals surface area (Å²) in [5, 5.41) is 3.02. The second-order valence-corrected chi connectivity index (χ2v) is 8.35. The van der Waals surface area contributed by atoms with E-state index in [-0.39, 0.29) is 17.9 Å². The maximum atomic E-state index is 12.8. The maximum absolute atomic E-state index is 12.8. The van der Waals surface area contributed by atoms with Crippen molar-refractivity contribution in [3.05, 3.63) is 60.9 Å². The molecule has 0 spiro atoms. The largest absolute Gasteiger partial charge is 0.497 e. The van der Waals surface area contributed by atoms with Crippen molar-refractivity contribution in [1.29, 1.82) is 0 Å². The Balaban J connectivity index is 1.31. The van der Waals surface area contributed by atoms with Crippen LogP contribution in [0.1, 0.15) is 31.7 Å². The van der Waals surface area contributed by atoms with Gasteiger partial charge in [-0.25, -0.2) is 15.0 Å². The van der Waals surface area contributed by atoms with Gasteiger partial charge >= 0.3 is 0 Å². The van der Waals surface area contributed by atoms with Crippen LogP contribution in [0.4, 0.5) is 11.5 Å². The number of anilines is 2. The van der Waals surface area contributed by atoms with Crippen LogP contribution in [0, 0.1) is 5.92 Å². The number of nitrogens with one attached hydrogen (secondary N) is 1. The predicted octanol–water partition coefficient (Wildman–Crippen LogP) is 4.45. The Hall–Kier alpha value is -3.94. The van der Waals surface area contributed by atoms with Crippen LogP contribution in [-0.4, -0.2) is 32.5 Å². The summed E-state index contributed by atoms with van der Waals surface area (Å²) in [6.07, 6.45) is 5.13. The third kappa shape index (κ3) is 4.24. The maximum Gasteiger partial charge on any atom is 0.227 e. The Morgan fingerprint density at radius 1 is 1.06 bits per heavy atom. The molecule has 0 bridgehead atoms. The topological polar surface area (TPSA) is 108 Å². The first kappa shape index (κ1) is 20.9. The molecule has 1 aliphatic rings. The molecule has 2 heterocycles. The molecule has 8 nitrogen and oxygen atoms in total. The lowest BCUT2D eigenvalue weighted by molar-refractivity contribution is -0.120. The number of fused-ring (bicyclic) bond motifs is 1. The Bertz CT molecular complexity index is 1280. The summed E-state index contributed by atoms with van der Waals surface area (Å²) in [6.45, 7) is 0. The average molecular weight is 443 g/mol. The number of hydrogen-bond donors (Lipinski definition) is 2. The van der Waals surface area contributed by atoms with E-state index in [0.717, 1.165) is 48.3 Å². The van der Waals surface area contributed by atoms with Crippen LogP contribution in [-0.2, 0) is 4.79 Å². The third-order valence-corrected chi connectivity index (χ3v) is 6.28. The lowest BCUT2D eigenvalue weighted by atomic mass is 9.85. The van der Waals surface area contributed by atoms with Crippen molar-refractivity contribution in [2.24, 2.45) is 5.92 Å². The molecule has 0 radical (unpaired) electrons. The number of amides is 1. The highest BCUT2D eigenvalue weighted by atomic mass is 16.5. The van der Waals surface area contributed by atoms with Crippen LogP contribution < -0.4 is 15.8 Å². The van der Waals surface area contributed by atoms with Gasteiger partial charge in [0.25, 0.3) is 0 Å². The van der Waals surface area contributed by atoms with E-state index in [1.54, 1.807) is 13.4 Å². The van der Waals surface area contributed by atoms with Crippen molar-refractivity contribution in [3.63, 3.8) is 0 Å². The molecule has 1 fully saturated rings. The molecule has 1 saturated carbocycles. The molecule has 168 valence electrons. The van der Waals surface area contributed by atoms with Gasteiger partial charge in [0.15, 0.2) is 17.3 Å². The lowest BCUT2D eigenvalue weighted by Gasteiger charge is -2.28. The summed E-state index contributed by atoms with van der Waals surface area (Å²) >= 11 is 0. The molecular weight excluding hydrogens is 416 g/mol. The minimum Gasteiger partial charge on any atom is -0.497 e. The summed E-state index contributed by atoms with van der Waals surface area (Å²) in [5.41, 5.74) is 9.23. The van der Waals surface area contributed by atoms with Gasteiger partial charge in [-0.3, -0.25) is 4.79 Å². The van der Waals surface area contributed by atoms with Gasteiger partial charge in [-0.1, -0.05) is 36.4 Å². The minimum atomic E-state index is -0.0261. The summed E-state index contributed by atoms with van der Waals surface area (Å²) < 4.78 is 7.33. The first-order chi connectivity index (χ1) is 16.1. The second-order valence-electron chi connectivity index (χ2n) is 8.35. The van der Waals surface area contributed by atoms with Gasteiger partial charge in [0.05, 0.1) is 13.4 Å². The lowest BCUT2D eigenvalue weighted by Crippen LogP contribution is -2.28. The summed E-state index contributed by atoms with van der Waals surface area (Å²) in [4.78, 5) is 26.5. The molecule has 0 aliphatic heterocycles. The van der Waals surface area contributed by atoms with Crippen LogP contribution >= 0.6 is 0 Å². The SMILES string of the molecule is COc1cccc(NC(=O)[C@H]2CC[C@@H](n3cnc4c(N)nc(-c5ccccc5)nc43)CC2)c1. The van der Waals surface area contributed by atoms with E-state index in [2.05, 4.69) is 19.9 Å². The van der Waals surface area contributed by atoms with E-state index < -0.39 is 0 Å². The molecule has 0 saturated heterocycles. The number of carbonyl (C=O) groups excluding carboxylic acids is 1. The molecule has 8 heteroatoms. The van der Waals surface area contributed by atoms with Crippen LogP contribution in [0.2, 0.25) is 0 Å². The summed E-state index contributed by atoms with van der Waals surface area (Å²) in [6, 6.07) is 17.4. The fourth-order valence-corrected chi connectivity index (χ4v) is 4.48. The predicted molar refractivity (Wildman–Crippen MR) is 128 cm³/mol. The van der Waals surface area contributed by atoms with E-state index in [1.807, 2.05) is 54.6 Å². The smallest absolute Gasteiger partial charge is 0.227 e. The van der Waals surface area contributed by atoms with Gasteiger partial charge in [0, 0.05) is 29.3 Å². The Kier molecular flexibility index (Phi) is 5.64. The number of aromatic nitrogens is 4. The fraction of sp³-hybridized carbons (Fsp3) is 0.280. The molecular formula is C25H26N6O2. The van der Waals surface area contributed by atoms with Crippen molar-refractivity contribution in [1.82, 2.24) is 19.5 Å². The number of carbonyl (C=O) groups is 1. The first-order valence-corrected chi connectivity index (χ1v) is 11.1. The van der Waals surface area contributed by atoms with Crippen molar-refractivity contribution in [2.45, 2.75) is 31.7 Å². The molecule has 3 N–H and O–H groups in total. The van der Waals surface area contributed by atoms with Crippen molar-refractivity contribution >= 4 is 28.6 Å². The van der Waals surface area contributed by atoms with Gasteiger partial charge in [-0.2, -0.15) is 0 Å². The second kappa shape index (κ2) is 8.90. The standard InChI is InChI=1S/C25H26N6O2/c1-33-20-9-5-8-18(14-20)28-25(32)17-10-12-19(13-11-17)31-15-27-21-22(26)29-23(30-24(21)31)16-6-3-2-4-7-16/h2-9,14-15,17,19H,10-13H2,1H3,(H,28,32)(H2,26,29,30)/t17-,19+. The van der Waals surface area contributed by atoms with E-state index in [0.29, 0.717) is 17.2 Å². The first-order valence-electron chi connectivity index (χ1n) is 11.1. The van der Waals surface area contributed by atoms with E-state index in [9.17, 15) is 4.79 Å². The number of benzene rings is 2. The van der Waals surface area contributed by atoms with Crippen LogP contribution in [0.5, 0.6) is 5.75 Å². The average Bonchev–Trinajstić information content (AvgIpc) is 3.29. The van der Waals surface area contributed by atoms with Crippen LogP contribution in [0.25, 0.3) is 22.6 Å². The molecule has 1 aliphatic carbocycles. The van der Waals surface area contributed by atoms with Crippen LogP contribution in [0.15, 0.2) is 60.9 Å². The summed E-state index contributed by atoms with van der Waals surface area (Å²) in [7, 11) is 1.61. The number of hydrogen-bond acceptors (Lipinski definition) is 6. The molecule has 0 atom stereocenters. The van der Waals surface area contributed by atoms with Gasteiger partial charge in [-0.15, -0.1) is 0 Å². The van der Waals surface area contributed by atoms with Gasteiger partial charge < -0.3 is 20.4 Å². The number of nitrogens with two attached hydrogens (primary N) is 1. The van der Waals surface area contributed by atoms with Crippen molar-refractivity contribution in [3.8, 4) is 17.1 Å². The van der Waals surface area contributed by atoms with Crippen molar-refractivity contribution in [2.75, 3.05) is 18.2 Å². The zero-order valence-electron chi connectivity index (χ0n) is 18.4. The molecule has 4 aromatic rings. The van der Waals surface area contributed by atoms with E-state index in [4.69, 9.17) is 15.5 Å². The minimum absolute atomic E-state index is 0.0261. The zero-order chi connectivity index (χ0) is 22.8. The highest BCUT2D eigenvalue weighted by Crippen LogP contribution is 2.35. The normalized spacial score (nSPS) is 18.2. The number of imidazole rings is 1. The van der Waals surface area contributed by atoms with E-state index in [1.165, 1.54) is 0 Å². The Morgan fingerprint density at radius 3 is 2.61 bits per heavy atom. The van der Waals surface area contributed by atoms with Crippen LogP contribution in [0.3, 0.4) is 0 Å². The zero-order valence-corrected chi connectivity index (χ0v) is 18.4. The number of rotatable bonds is 5. The van der Waals surface area contributed by atoms with Gasteiger partial charge in [0.2, 0.25) is 5.91 Å². The quantitative estimate of drug-likeness (QED) is 0.473. The highest BCUT2D eigenvalue weighted by molar-refractivity contribution is 5.92. The molecule has 5 rings (SSSR count). The van der Waals surface area contributed by atoms with Gasteiger partial charge in [0.1, 0.15) is 11.3 Å². The summed E-state index contributed by atoms with van der Waals surface area (Å²) in [5.74, 6) is 1.72. The monoisotopic (exact) mass is 442 g/mol. The molecule has 33 heavy (non-hydrogen) atoms. The Labute approximate surface area is 191 Å². The molecule has 1 amide bonds. The van der Waals surface area contributed by atoms with Crippen molar-refractivity contribution < 1.29 is 9.53 Å². The fourth-order valence-electron chi connectivity index (χ4n) is 4.48. The number of ether oxygens (including phenoxy) is 1. The number of methoxy groups -OCH3 is 1. The molecule has 2 aromatic carbocycles. The number of nitrogen functional groups attached to an aromatic ring is 1. The van der Waals surface area contributed by atoms with Gasteiger partial charge in [-0.05, 0) is 37.8 Å². The molecule has 2 aromatic heterocycles. The van der Waals surface area contributed by atoms with E-state index >= 15 is 0 Å². The Morgan fingerprint density at radius 2 is 1.85 bits per heavy atom. The highest BCUT2D eigenvalue weighted by Gasteiger charge is 2.28.